The van der Waals surface area contributed by atoms with E-state index in [9.17, 15) is 14.4 Å². The van der Waals surface area contributed by atoms with Crippen LogP contribution in [0.25, 0.3) is 6.08 Å². The molecule has 0 saturated heterocycles. The molecule has 0 fully saturated rings. The number of furan rings is 1. The van der Waals surface area contributed by atoms with E-state index in [1.54, 1.807) is 43.5 Å². The van der Waals surface area contributed by atoms with Crippen LogP contribution in [0, 0.1) is 6.92 Å². The van der Waals surface area contributed by atoms with E-state index in [2.05, 4.69) is 15.0 Å². The minimum atomic E-state index is -0.694. The number of nitrogens with zero attached hydrogens (tertiary/aromatic N) is 4. The van der Waals surface area contributed by atoms with Crippen LogP contribution in [0.4, 0.5) is 5.69 Å². The van der Waals surface area contributed by atoms with Crippen molar-refractivity contribution in [2.45, 2.75) is 37.1 Å². The van der Waals surface area contributed by atoms with Crippen molar-refractivity contribution in [3.8, 4) is 0 Å². The minimum Gasteiger partial charge on any atom is -0.463 e. The number of thiazole rings is 1. The number of aromatic amines is 1. The van der Waals surface area contributed by atoms with Gasteiger partial charge >= 0.3 is 5.97 Å². The number of H-pyrrole nitrogens is 1. The van der Waals surface area contributed by atoms with E-state index in [0.29, 0.717) is 42.3 Å². The number of aromatic nitrogens is 3. The molecule has 4 aromatic rings. The quantitative estimate of drug-likeness (QED) is 0.263. The van der Waals surface area contributed by atoms with Gasteiger partial charge in [-0.1, -0.05) is 23.5 Å². The summed E-state index contributed by atoms with van der Waals surface area (Å²) < 4.78 is 13.2. The molecule has 1 atom stereocenters. The Morgan fingerprint density at radius 3 is 2.62 bits per heavy atom. The predicted octanol–water partition coefficient (Wildman–Crippen LogP) is 3.00. The molecule has 1 aromatic carbocycles. The summed E-state index contributed by atoms with van der Waals surface area (Å²) in [4.78, 5) is 52.6. The van der Waals surface area contributed by atoms with Gasteiger partial charge in [0.1, 0.15) is 5.76 Å². The molecule has 0 amide bonds. The normalized spacial score (nSPS) is 15.1. The first-order chi connectivity index (χ1) is 19.1. The van der Waals surface area contributed by atoms with Crippen molar-refractivity contribution in [1.82, 2.24) is 14.5 Å². The van der Waals surface area contributed by atoms with Gasteiger partial charge in [-0.3, -0.25) is 14.2 Å². The summed E-state index contributed by atoms with van der Waals surface area (Å²) in [5, 5.41) is 0.916. The van der Waals surface area contributed by atoms with Gasteiger partial charge in [-0.15, -0.1) is 0 Å². The Bertz CT molecular complexity index is 1860. The number of carbonyl (C=O) groups is 1. The highest BCUT2D eigenvalue weighted by molar-refractivity contribution is 7.99. The van der Waals surface area contributed by atoms with E-state index in [-0.39, 0.29) is 17.7 Å². The number of aryl methyl sites for hydroxylation is 1. The fourth-order valence-electron chi connectivity index (χ4n) is 4.35. The SMILES string of the molecule is CCOC(=O)C1=C(C)N=c2s/c(=C/c3ccc(Sc4nc(C)cc(=O)[nH]4)o3)c(=O)n2[C@H]1c1ccc(N(C)C)cc1. The summed E-state index contributed by atoms with van der Waals surface area (Å²) >= 11 is 2.39. The molecule has 12 heteroatoms. The Hall–Kier alpha value is -4.16. The maximum Gasteiger partial charge on any atom is 0.338 e. The molecule has 1 aliphatic heterocycles. The Kier molecular flexibility index (Phi) is 7.63. The van der Waals surface area contributed by atoms with Crippen molar-refractivity contribution in [3.05, 3.63) is 101 Å². The number of ether oxygens (including phenoxy) is 1. The van der Waals surface area contributed by atoms with Gasteiger partial charge in [0, 0.05) is 37.6 Å². The van der Waals surface area contributed by atoms with Crippen LogP contribution in [0.3, 0.4) is 0 Å². The summed E-state index contributed by atoms with van der Waals surface area (Å²) in [6.45, 7) is 5.44. The molecular weight excluding hydrogens is 550 g/mol. The summed E-state index contributed by atoms with van der Waals surface area (Å²) in [6, 6.07) is 11.9. The molecule has 206 valence electrons. The second kappa shape index (κ2) is 11.1. The summed E-state index contributed by atoms with van der Waals surface area (Å²) in [5.41, 5.74) is 2.65. The van der Waals surface area contributed by atoms with Crippen LogP contribution in [0.1, 0.15) is 36.9 Å². The number of anilines is 1. The Morgan fingerprint density at radius 1 is 1.20 bits per heavy atom. The molecule has 4 heterocycles. The lowest BCUT2D eigenvalue weighted by atomic mass is 9.95. The van der Waals surface area contributed by atoms with Gasteiger partial charge < -0.3 is 19.0 Å². The number of esters is 1. The lowest BCUT2D eigenvalue weighted by Gasteiger charge is -2.25. The van der Waals surface area contributed by atoms with Gasteiger partial charge in [0.2, 0.25) is 0 Å². The second-order valence-corrected chi connectivity index (χ2v) is 11.2. The van der Waals surface area contributed by atoms with Crippen LogP contribution < -0.4 is 25.4 Å². The first kappa shape index (κ1) is 27.4. The summed E-state index contributed by atoms with van der Waals surface area (Å²) in [7, 11) is 3.89. The topological polar surface area (TPSA) is 123 Å². The molecule has 0 radical (unpaired) electrons. The van der Waals surface area contributed by atoms with Gasteiger partial charge in [0.15, 0.2) is 15.1 Å². The molecule has 3 aromatic heterocycles. The molecule has 0 bridgehead atoms. The number of benzene rings is 1. The van der Waals surface area contributed by atoms with E-state index in [1.165, 1.54) is 29.2 Å². The molecule has 0 unspecified atom stereocenters. The second-order valence-electron chi connectivity index (χ2n) is 9.24. The number of nitrogens with one attached hydrogen (secondary N) is 1. The molecule has 1 N–H and O–H groups in total. The van der Waals surface area contributed by atoms with Crippen LogP contribution >= 0.6 is 23.1 Å². The van der Waals surface area contributed by atoms with Gasteiger partial charge in [-0.05, 0) is 62.4 Å². The van der Waals surface area contributed by atoms with Crippen LogP contribution in [0.2, 0.25) is 0 Å². The number of rotatable bonds is 7. The maximum atomic E-state index is 13.8. The fourth-order valence-corrected chi connectivity index (χ4v) is 6.19. The zero-order chi connectivity index (χ0) is 28.6. The maximum absolute atomic E-state index is 13.8. The van der Waals surface area contributed by atoms with E-state index in [4.69, 9.17) is 9.15 Å². The third kappa shape index (κ3) is 5.45. The number of carbonyl (C=O) groups excluding carboxylic acids is 1. The minimum absolute atomic E-state index is 0.205. The van der Waals surface area contributed by atoms with Gasteiger partial charge in [0.25, 0.3) is 11.1 Å². The molecule has 1 aliphatic rings. The van der Waals surface area contributed by atoms with Gasteiger partial charge in [-0.2, -0.15) is 0 Å². The molecular formula is C28H27N5O5S2. The number of fused-ring (bicyclic) bond motifs is 1. The van der Waals surface area contributed by atoms with Crippen molar-refractivity contribution in [3.63, 3.8) is 0 Å². The zero-order valence-electron chi connectivity index (χ0n) is 22.5. The molecule has 10 nitrogen and oxygen atoms in total. The largest absolute Gasteiger partial charge is 0.463 e. The first-order valence-electron chi connectivity index (χ1n) is 12.5. The van der Waals surface area contributed by atoms with Crippen molar-refractivity contribution in [1.29, 1.82) is 0 Å². The highest BCUT2D eigenvalue weighted by atomic mass is 32.2. The predicted molar refractivity (Wildman–Crippen MR) is 154 cm³/mol. The Labute approximate surface area is 237 Å². The molecule has 0 spiro atoms. The summed E-state index contributed by atoms with van der Waals surface area (Å²) in [5.74, 6) is -0.0498. The van der Waals surface area contributed by atoms with Crippen LogP contribution in [0.5, 0.6) is 0 Å². The van der Waals surface area contributed by atoms with E-state index < -0.39 is 12.0 Å². The Morgan fingerprint density at radius 2 is 1.95 bits per heavy atom. The monoisotopic (exact) mass is 577 g/mol. The van der Waals surface area contributed by atoms with E-state index in [0.717, 1.165) is 11.3 Å². The first-order valence-corrected chi connectivity index (χ1v) is 14.1. The average Bonchev–Trinajstić information content (AvgIpc) is 3.46. The third-order valence-corrected chi connectivity index (χ3v) is 7.95. The fraction of sp³-hybridized carbons (Fsp3) is 0.250. The number of hydrogen-bond acceptors (Lipinski definition) is 10. The van der Waals surface area contributed by atoms with Crippen LogP contribution in [0.15, 0.2) is 83.0 Å². The highest BCUT2D eigenvalue weighted by Gasteiger charge is 2.33. The van der Waals surface area contributed by atoms with Crippen molar-refractivity contribution < 1.29 is 13.9 Å². The van der Waals surface area contributed by atoms with Gasteiger partial charge in [0.05, 0.1) is 28.5 Å². The zero-order valence-corrected chi connectivity index (χ0v) is 24.2. The molecule has 0 saturated carbocycles. The van der Waals surface area contributed by atoms with Crippen molar-refractivity contribution in [2.75, 3.05) is 25.6 Å². The van der Waals surface area contributed by atoms with Gasteiger partial charge in [-0.25, -0.2) is 14.8 Å². The van der Waals surface area contributed by atoms with Crippen LogP contribution in [-0.4, -0.2) is 41.2 Å². The third-order valence-electron chi connectivity index (χ3n) is 6.16. The average molecular weight is 578 g/mol. The molecule has 5 rings (SSSR count). The van der Waals surface area contributed by atoms with Crippen molar-refractivity contribution in [2.24, 2.45) is 4.99 Å². The molecule has 0 aliphatic carbocycles. The summed E-state index contributed by atoms with van der Waals surface area (Å²) in [6.07, 6.45) is 1.65. The lowest BCUT2D eigenvalue weighted by Crippen LogP contribution is -2.39. The number of hydrogen-bond donors (Lipinski definition) is 1. The smallest absolute Gasteiger partial charge is 0.338 e. The van der Waals surface area contributed by atoms with Crippen LogP contribution in [-0.2, 0) is 9.53 Å². The van der Waals surface area contributed by atoms with Crippen molar-refractivity contribution >= 4 is 40.8 Å². The number of allylic oxidation sites excluding steroid dienone is 1. The Balaban J connectivity index is 1.57. The lowest BCUT2D eigenvalue weighted by molar-refractivity contribution is -0.139. The molecule has 40 heavy (non-hydrogen) atoms. The van der Waals surface area contributed by atoms with E-state index >= 15 is 0 Å². The van der Waals surface area contributed by atoms with E-state index in [1.807, 2.05) is 43.3 Å². The highest BCUT2D eigenvalue weighted by Crippen LogP contribution is 2.32. The standard InChI is InChI=1S/C28H27N5O5S2/c1-6-37-26(36)23-16(3)30-28-33(24(23)17-7-9-18(10-8-17)32(4)5)25(35)20(39-28)14-19-11-12-22(38-19)40-27-29-15(2)13-21(34)31-27/h7-14,24H,6H2,1-5H3,(H,29,31,34)/b20-14+/t24-/m0/s1.